The second-order valence-corrected chi connectivity index (χ2v) is 7.34. The quantitative estimate of drug-likeness (QED) is 0.477. The molecule has 4 rings (SSSR count). The number of benzene rings is 2. The van der Waals surface area contributed by atoms with Crippen molar-refractivity contribution in [3.63, 3.8) is 0 Å². The van der Waals surface area contributed by atoms with Crippen LogP contribution in [-0.2, 0) is 6.54 Å². The highest BCUT2D eigenvalue weighted by molar-refractivity contribution is 5.95. The number of hydrogen-bond acceptors (Lipinski definition) is 2. The third kappa shape index (κ3) is 4.13. The first-order valence-corrected chi connectivity index (χ1v) is 9.83. The monoisotopic (exact) mass is 357 g/mol. The molecule has 0 unspecified atom stereocenters. The largest absolute Gasteiger partial charge is 0.287 e. The fourth-order valence-corrected chi connectivity index (χ4v) is 4.00. The van der Waals surface area contributed by atoms with Gasteiger partial charge in [0, 0.05) is 11.1 Å². The van der Waals surface area contributed by atoms with Gasteiger partial charge in [-0.2, -0.15) is 4.57 Å². The number of carbonyl (C=O) groups excluding carboxylic acids is 1. The highest BCUT2D eigenvalue weighted by atomic mass is 16.1. The predicted octanol–water partition coefficient (Wildman–Crippen LogP) is 4.97. The van der Waals surface area contributed by atoms with Gasteiger partial charge in [0.1, 0.15) is 0 Å². The summed E-state index contributed by atoms with van der Waals surface area (Å²) in [6, 6.07) is 18.3. The highest BCUT2D eigenvalue weighted by Crippen LogP contribution is 2.33. The van der Waals surface area contributed by atoms with Gasteiger partial charge in [0.25, 0.3) is 0 Å². The molecule has 1 fully saturated rings. The second kappa shape index (κ2) is 8.26. The topological polar surface area (TPSA) is 33.8 Å². The number of aromatic nitrogens is 2. The first-order chi connectivity index (χ1) is 13.3. The molecule has 0 aliphatic heterocycles. The van der Waals surface area contributed by atoms with Crippen molar-refractivity contribution in [1.29, 1.82) is 0 Å². The van der Waals surface area contributed by atoms with Crippen molar-refractivity contribution in [2.45, 2.75) is 44.6 Å². The summed E-state index contributed by atoms with van der Waals surface area (Å²) in [5.74, 6) is 0.806. The standard InChI is InChI=1S/C24H25N2O/c27-24(22-9-5-2-6-10-22)18-26-16-15-25-17-23(26)21-13-11-20(12-14-21)19-7-3-1-4-8-19/h2,5-6,9-17,19H,1,3-4,7-8,18H2/q+1. The molecular weight excluding hydrogens is 332 g/mol. The van der Waals surface area contributed by atoms with E-state index in [1.54, 1.807) is 6.20 Å². The Morgan fingerprint density at radius 1 is 0.963 bits per heavy atom. The molecule has 0 bridgehead atoms. The van der Waals surface area contributed by atoms with E-state index < -0.39 is 0 Å². The number of hydrogen-bond donors (Lipinski definition) is 0. The van der Waals surface area contributed by atoms with Crippen molar-refractivity contribution in [2.24, 2.45) is 0 Å². The Bertz CT molecular complexity index is 897. The molecule has 3 nitrogen and oxygen atoms in total. The maximum Gasteiger partial charge on any atom is 0.231 e. The summed E-state index contributed by atoms with van der Waals surface area (Å²) in [6.07, 6.45) is 12.1. The zero-order valence-corrected chi connectivity index (χ0v) is 15.6. The van der Waals surface area contributed by atoms with Crippen LogP contribution in [0.4, 0.5) is 0 Å². The Hall–Kier alpha value is -2.81. The molecule has 1 heterocycles. The first-order valence-electron chi connectivity index (χ1n) is 9.83. The van der Waals surface area contributed by atoms with E-state index in [2.05, 4.69) is 29.2 Å². The van der Waals surface area contributed by atoms with Crippen LogP contribution >= 0.6 is 0 Å². The van der Waals surface area contributed by atoms with Gasteiger partial charge < -0.3 is 0 Å². The molecule has 0 radical (unpaired) electrons. The van der Waals surface area contributed by atoms with Crippen LogP contribution in [0.5, 0.6) is 0 Å². The van der Waals surface area contributed by atoms with Crippen LogP contribution in [0.25, 0.3) is 11.3 Å². The van der Waals surface area contributed by atoms with E-state index in [9.17, 15) is 4.79 Å². The molecule has 27 heavy (non-hydrogen) atoms. The van der Waals surface area contributed by atoms with Gasteiger partial charge >= 0.3 is 0 Å². The third-order valence-electron chi connectivity index (χ3n) is 5.53. The molecule has 1 aromatic heterocycles. The summed E-state index contributed by atoms with van der Waals surface area (Å²) in [7, 11) is 0. The summed E-state index contributed by atoms with van der Waals surface area (Å²) in [5.41, 5.74) is 4.25. The van der Waals surface area contributed by atoms with Crippen LogP contribution in [0.1, 0.15) is 53.9 Å². The van der Waals surface area contributed by atoms with Gasteiger partial charge in [-0.3, -0.25) is 9.78 Å². The molecule has 1 saturated carbocycles. The van der Waals surface area contributed by atoms with Gasteiger partial charge in [-0.25, -0.2) is 0 Å². The van der Waals surface area contributed by atoms with Crippen LogP contribution < -0.4 is 4.57 Å². The Kier molecular flexibility index (Phi) is 5.38. The predicted molar refractivity (Wildman–Crippen MR) is 106 cm³/mol. The summed E-state index contributed by atoms with van der Waals surface area (Å²) >= 11 is 0. The maximum absolute atomic E-state index is 12.6. The zero-order chi connectivity index (χ0) is 18.5. The average Bonchev–Trinajstić information content (AvgIpc) is 2.75. The molecule has 136 valence electrons. The second-order valence-electron chi connectivity index (χ2n) is 7.34. The normalized spacial score (nSPS) is 14.8. The zero-order valence-electron chi connectivity index (χ0n) is 15.6. The van der Waals surface area contributed by atoms with E-state index in [0.717, 1.165) is 16.8 Å². The van der Waals surface area contributed by atoms with Gasteiger partial charge in [0.05, 0.1) is 12.4 Å². The van der Waals surface area contributed by atoms with E-state index in [1.807, 2.05) is 47.3 Å². The Labute approximate surface area is 160 Å². The molecule has 3 heteroatoms. The molecule has 0 N–H and O–H groups in total. The maximum atomic E-state index is 12.6. The first kappa shape index (κ1) is 17.6. The molecule has 3 aromatic rings. The lowest BCUT2D eigenvalue weighted by Gasteiger charge is -2.21. The summed E-state index contributed by atoms with van der Waals surface area (Å²) in [5, 5.41) is 0. The lowest BCUT2D eigenvalue weighted by molar-refractivity contribution is -0.672. The van der Waals surface area contributed by atoms with Gasteiger partial charge in [-0.05, 0) is 36.5 Å². The van der Waals surface area contributed by atoms with E-state index in [1.165, 1.54) is 37.7 Å². The van der Waals surface area contributed by atoms with Crippen molar-refractivity contribution in [3.8, 4) is 11.3 Å². The van der Waals surface area contributed by atoms with Crippen LogP contribution in [0.2, 0.25) is 0 Å². The minimum atomic E-state index is 0.104. The van der Waals surface area contributed by atoms with E-state index in [-0.39, 0.29) is 5.78 Å². The Morgan fingerprint density at radius 2 is 1.70 bits per heavy atom. The van der Waals surface area contributed by atoms with E-state index in [0.29, 0.717) is 12.5 Å². The smallest absolute Gasteiger partial charge is 0.231 e. The van der Waals surface area contributed by atoms with Gasteiger partial charge in [-0.1, -0.05) is 61.7 Å². The van der Waals surface area contributed by atoms with Gasteiger partial charge in [0.2, 0.25) is 18.0 Å². The van der Waals surface area contributed by atoms with E-state index >= 15 is 0 Å². The summed E-state index contributed by atoms with van der Waals surface area (Å²) in [6.45, 7) is 0.312. The molecular formula is C24H25N2O+. The molecule has 0 saturated heterocycles. The Morgan fingerprint density at radius 3 is 2.44 bits per heavy atom. The van der Waals surface area contributed by atoms with Crippen molar-refractivity contribution in [3.05, 3.63) is 84.3 Å². The fraction of sp³-hybridized carbons (Fsp3) is 0.292. The van der Waals surface area contributed by atoms with Crippen molar-refractivity contribution in [2.75, 3.05) is 0 Å². The van der Waals surface area contributed by atoms with Crippen LogP contribution in [-0.4, -0.2) is 10.8 Å². The number of ketones is 1. The van der Waals surface area contributed by atoms with Crippen LogP contribution in [0.3, 0.4) is 0 Å². The van der Waals surface area contributed by atoms with E-state index in [4.69, 9.17) is 0 Å². The third-order valence-corrected chi connectivity index (χ3v) is 5.53. The number of Topliss-reactive ketones (excluding diaryl/α,β-unsaturated/α-hetero) is 1. The van der Waals surface area contributed by atoms with Crippen LogP contribution in [0, 0.1) is 0 Å². The number of carbonyl (C=O) groups is 1. The number of rotatable bonds is 5. The fourth-order valence-electron chi connectivity index (χ4n) is 4.00. The minimum Gasteiger partial charge on any atom is -0.287 e. The minimum absolute atomic E-state index is 0.104. The molecule has 1 aliphatic carbocycles. The summed E-state index contributed by atoms with van der Waals surface area (Å²) < 4.78 is 1.98. The molecule has 0 amide bonds. The van der Waals surface area contributed by atoms with Gasteiger partial charge in [0.15, 0.2) is 6.20 Å². The molecule has 0 atom stereocenters. The SMILES string of the molecule is O=C(C[n+]1ccncc1-c1ccc(C2CCCCC2)cc1)c1ccccc1. The molecule has 0 spiro atoms. The van der Waals surface area contributed by atoms with Crippen molar-refractivity contribution < 1.29 is 9.36 Å². The summed E-state index contributed by atoms with van der Waals surface area (Å²) in [4.78, 5) is 16.9. The van der Waals surface area contributed by atoms with Crippen molar-refractivity contribution >= 4 is 5.78 Å². The van der Waals surface area contributed by atoms with Gasteiger partial charge in [-0.15, -0.1) is 0 Å². The highest BCUT2D eigenvalue weighted by Gasteiger charge is 2.19. The van der Waals surface area contributed by atoms with Crippen LogP contribution in [0.15, 0.2) is 73.2 Å². The number of nitrogens with zero attached hydrogens (tertiary/aromatic N) is 2. The lowest BCUT2D eigenvalue weighted by Crippen LogP contribution is -2.40. The van der Waals surface area contributed by atoms with Crippen molar-refractivity contribution in [1.82, 2.24) is 4.98 Å². The lowest BCUT2D eigenvalue weighted by atomic mass is 9.84. The Balaban J connectivity index is 1.56. The average molecular weight is 357 g/mol. The molecule has 1 aliphatic rings. The molecule has 2 aromatic carbocycles.